The minimum absolute atomic E-state index is 0.0265. The van der Waals surface area contributed by atoms with Gasteiger partial charge in [0.2, 0.25) is 0 Å². The Morgan fingerprint density at radius 3 is 2.26 bits per heavy atom. The number of piperidine rings is 1. The zero-order valence-electron chi connectivity index (χ0n) is 42.0. The van der Waals surface area contributed by atoms with Gasteiger partial charge in [0.1, 0.15) is 28.5 Å². The number of amides is 2. The van der Waals surface area contributed by atoms with Crippen LogP contribution in [-0.4, -0.2) is 95.9 Å². The first kappa shape index (κ1) is 51.3. The van der Waals surface area contributed by atoms with Gasteiger partial charge in [0.25, 0.3) is 11.8 Å². The lowest BCUT2D eigenvalue weighted by atomic mass is 9.65. The van der Waals surface area contributed by atoms with Crippen LogP contribution in [0.1, 0.15) is 118 Å². The number of ketones is 1. The van der Waals surface area contributed by atoms with E-state index in [0.717, 1.165) is 24.0 Å². The number of phenolic OH excluding ortho intramolecular Hbond substituents is 2. The number of aromatic hydroxyl groups is 2. The molecule has 3 atom stereocenters. The summed E-state index contributed by atoms with van der Waals surface area (Å²) in [6, 6.07) is 26.3. The molecule has 2 aromatic heterocycles. The van der Waals surface area contributed by atoms with Crippen molar-refractivity contribution in [1.82, 2.24) is 34.9 Å². The number of H-pyrrole nitrogens is 1. The van der Waals surface area contributed by atoms with E-state index in [1.165, 1.54) is 29.2 Å². The third-order valence-corrected chi connectivity index (χ3v) is 14.2. The van der Waals surface area contributed by atoms with E-state index in [9.17, 15) is 29.4 Å². The fraction of sp³-hybridized carbons (Fsp3) is 0.400. The molecule has 6 aromatic rings. The summed E-state index contributed by atoms with van der Waals surface area (Å²) < 4.78 is 21.2. The van der Waals surface area contributed by atoms with Crippen molar-refractivity contribution in [2.45, 2.75) is 110 Å². The number of nitrogens with one attached hydrogen (secondary N) is 2. The molecule has 2 fully saturated rings. The summed E-state index contributed by atoms with van der Waals surface area (Å²) in [5, 5.41) is 30.6. The van der Waals surface area contributed by atoms with Crippen molar-refractivity contribution in [3.63, 3.8) is 0 Å². The molecular formula is C55H64BN7O9. The third kappa shape index (κ3) is 11.3. The highest BCUT2D eigenvalue weighted by molar-refractivity contribution is 6.48. The number of hydrogen-bond acceptors (Lipinski definition) is 12. The second-order valence-corrected chi connectivity index (χ2v) is 20.4. The lowest BCUT2D eigenvalue weighted by molar-refractivity contribution is -0.121. The maximum atomic E-state index is 14.3. The smallest absolute Gasteiger partial charge is 0.461 e. The van der Waals surface area contributed by atoms with Gasteiger partial charge >= 0.3 is 12.8 Å². The Kier molecular flexibility index (Phi) is 15.5. The molecule has 16 nitrogen and oxygen atoms in total. The Hall–Kier alpha value is -7.11. The number of ether oxygens (including phenoxy) is 1. The molecule has 8 rings (SSSR count). The van der Waals surface area contributed by atoms with E-state index in [1.807, 2.05) is 94.1 Å². The normalized spacial score (nSPS) is 17.8. The number of carbonyl (C=O) groups excluding carboxylic acids is 3. The Bertz CT molecular complexity index is 2900. The van der Waals surface area contributed by atoms with E-state index in [-0.39, 0.29) is 64.7 Å². The van der Waals surface area contributed by atoms with Crippen LogP contribution in [0.2, 0.25) is 5.82 Å². The Morgan fingerprint density at radius 2 is 1.61 bits per heavy atom. The second kappa shape index (κ2) is 21.7. The van der Waals surface area contributed by atoms with Crippen LogP contribution in [0.3, 0.4) is 0 Å². The molecule has 4 heterocycles. The number of aromatic amines is 1. The molecule has 4 aromatic carbocycles. The van der Waals surface area contributed by atoms with Crippen molar-refractivity contribution in [3.8, 4) is 34.3 Å². The van der Waals surface area contributed by atoms with Crippen molar-refractivity contribution < 1.29 is 38.6 Å². The van der Waals surface area contributed by atoms with Gasteiger partial charge in [-0.25, -0.2) is 19.4 Å². The fourth-order valence-corrected chi connectivity index (χ4v) is 9.72. The molecule has 2 aliphatic rings. The summed E-state index contributed by atoms with van der Waals surface area (Å²) in [6.07, 6.45) is 6.91. The summed E-state index contributed by atoms with van der Waals surface area (Å²) in [5.74, 6) is 0.0527. The van der Waals surface area contributed by atoms with E-state index in [2.05, 4.69) is 39.3 Å². The minimum Gasteiger partial charge on any atom is -0.508 e. The number of hydrogen-bond donors (Lipinski definition) is 4. The van der Waals surface area contributed by atoms with Crippen LogP contribution in [-0.2, 0) is 26.1 Å². The molecule has 2 aliphatic heterocycles. The van der Waals surface area contributed by atoms with Crippen LogP contribution in [0.5, 0.6) is 17.2 Å². The van der Waals surface area contributed by atoms with E-state index in [4.69, 9.17) is 14.0 Å². The molecule has 376 valence electrons. The van der Waals surface area contributed by atoms with Crippen molar-refractivity contribution in [3.05, 3.63) is 148 Å². The van der Waals surface area contributed by atoms with Gasteiger partial charge in [-0.05, 0) is 123 Å². The molecule has 2 amide bonds. The lowest BCUT2D eigenvalue weighted by Crippen LogP contribution is -2.44. The molecule has 0 saturated carbocycles. The highest BCUT2D eigenvalue weighted by atomic mass is 16.7. The van der Waals surface area contributed by atoms with E-state index >= 15 is 0 Å². The number of aromatic nitrogens is 5. The number of nitrogens with zero attached hydrogens (tertiary/aromatic N) is 5. The van der Waals surface area contributed by atoms with Gasteiger partial charge in [-0.2, -0.15) is 5.10 Å². The monoisotopic (exact) mass is 977 g/mol. The summed E-state index contributed by atoms with van der Waals surface area (Å²) >= 11 is 0. The molecule has 2 saturated heterocycles. The van der Waals surface area contributed by atoms with Crippen LogP contribution in [0, 0.1) is 11.8 Å². The third-order valence-electron chi connectivity index (χ3n) is 14.2. The number of likely N-dealkylation sites (tertiary alicyclic amines) is 1. The van der Waals surface area contributed by atoms with Crippen molar-refractivity contribution in [2.24, 2.45) is 11.8 Å². The molecule has 0 spiro atoms. The predicted molar refractivity (Wildman–Crippen MR) is 273 cm³/mol. The average molecular weight is 978 g/mol. The van der Waals surface area contributed by atoms with E-state index in [1.54, 1.807) is 30.3 Å². The highest BCUT2D eigenvalue weighted by Crippen LogP contribution is 2.49. The molecule has 0 aliphatic carbocycles. The molecule has 0 radical (unpaired) electrons. The first-order valence-electron chi connectivity index (χ1n) is 24.8. The fourth-order valence-electron chi connectivity index (χ4n) is 9.72. The molecule has 0 bridgehead atoms. The molecule has 4 N–H and O–H groups in total. The highest BCUT2D eigenvalue weighted by Gasteiger charge is 2.57. The van der Waals surface area contributed by atoms with Gasteiger partial charge in [-0.1, -0.05) is 70.2 Å². The zero-order valence-corrected chi connectivity index (χ0v) is 42.0. The Morgan fingerprint density at radius 1 is 0.903 bits per heavy atom. The number of rotatable bonds is 18. The van der Waals surface area contributed by atoms with Crippen LogP contribution < -0.4 is 15.7 Å². The maximum absolute atomic E-state index is 14.3. The maximum Gasteiger partial charge on any atom is 0.461 e. The van der Waals surface area contributed by atoms with Gasteiger partial charge < -0.3 is 34.5 Å². The zero-order chi connectivity index (χ0) is 51.3. The van der Waals surface area contributed by atoms with Crippen molar-refractivity contribution in [2.75, 3.05) is 19.7 Å². The first-order valence-corrected chi connectivity index (χ1v) is 24.8. The number of benzene rings is 4. The first-order chi connectivity index (χ1) is 34.4. The number of phenols is 2. The Labute approximate surface area is 420 Å². The van der Waals surface area contributed by atoms with Gasteiger partial charge in [-0.3, -0.25) is 19.4 Å². The van der Waals surface area contributed by atoms with Gasteiger partial charge in [-0.15, -0.1) is 0 Å². The quantitative estimate of drug-likeness (QED) is 0.0598. The van der Waals surface area contributed by atoms with Crippen LogP contribution in [0.4, 0.5) is 0 Å². The van der Waals surface area contributed by atoms with E-state index < -0.39 is 36.0 Å². The topological polar surface area (TPSA) is 211 Å². The molecular weight excluding hydrogens is 913 g/mol. The second-order valence-electron chi connectivity index (χ2n) is 20.4. The standard InChI is InChI=1S/C55H64BN7O9/c1-34(2)27-40(29-49(66)45(28-36-11-9-8-10-12-36)59-51(67)46-32-57-23-24-58-46)56-71-54(5,6)55(7,72-56)39-15-13-38(14-16-39)52(68)62-25-21-37(22-26-62)33-70-42-19-17-41(18-20-42)63-50(60-61-53(63)69)44-30-43(35(3)4)47(64)31-48(44)65/h8-20,23-24,30-32,34-35,37,40,45,64-65H,21-22,25-29,33H2,1-7H3,(H,59,67)(H,61,69)/t40-,45+,55?/m1/s1. The minimum atomic E-state index is -0.921. The van der Waals surface area contributed by atoms with Gasteiger partial charge in [0.15, 0.2) is 11.6 Å². The molecule has 72 heavy (non-hydrogen) atoms. The largest absolute Gasteiger partial charge is 0.508 e. The van der Waals surface area contributed by atoms with Crippen LogP contribution >= 0.6 is 0 Å². The lowest BCUT2D eigenvalue weighted by Gasteiger charge is -2.37. The SMILES string of the molecule is CC(C)C[C@H](CC(=O)[C@H](Cc1ccccc1)NC(=O)c1cnccn1)B1OC(C)(C)C(C)(c2ccc(C(=O)N3CCC(COc4ccc(-n5c(-c6cc(C(C)C)c(O)cc6O)n[nH]c5=O)cc4)CC3)cc2)O1. The van der Waals surface area contributed by atoms with Crippen LogP contribution in [0.25, 0.3) is 17.1 Å². The Balaban J connectivity index is 0.868. The van der Waals surface area contributed by atoms with E-state index in [0.29, 0.717) is 60.7 Å². The molecule has 1 unspecified atom stereocenters. The summed E-state index contributed by atoms with van der Waals surface area (Å²) in [7, 11) is -0.719. The number of carbonyl (C=O) groups is 3. The average Bonchev–Trinajstić information content (AvgIpc) is 3.87. The summed E-state index contributed by atoms with van der Waals surface area (Å²) in [6.45, 7) is 15.6. The summed E-state index contributed by atoms with van der Waals surface area (Å²) in [4.78, 5) is 64.4. The van der Waals surface area contributed by atoms with Crippen molar-refractivity contribution in [1.29, 1.82) is 0 Å². The predicted octanol–water partition coefficient (Wildman–Crippen LogP) is 8.43. The summed E-state index contributed by atoms with van der Waals surface area (Å²) in [5.41, 5.74) is 1.70. The molecule has 17 heteroatoms. The van der Waals surface area contributed by atoms with Gasteiger partial charge in [0.05, 0.1) is 35.7 Å². The number of Topliss-reactive ketones (excluding diaryl/α,β-unsaturated/α-hetero) is 1. The van der Waals surface area contributed by atoms with Gasteiger partial charge in [0, 0.05) is 49.4 Å². The van der Waals surface area contributed by atoms with Crippen LogP contribution in [0.15, 0.2) is 114 Å². The van der Waals surface area contributed by atoms with Crippen molar-refractivity contribution >= 4 is 24.7 Å².